The van der Waals surface area contributed by atoms with Crippen LogP contribution in [0.1, 0.15) is 76.1 Å². The summed E-state index contributed by atoms with van der Waals surface area (Å²) >= 11 is 0. The maximum absolute atomic E-state index is 12.9. The van der Waals surface area contributed by atoms with Crippen molar-refractivity contribution in [3.63, 3.8) is 0 Å². The number of hydrogen-bond acceptors (Lipinski definition) is 8. The second-order valence-electron chi connectivity index (χ2n) is 10.8. The summed E-state index contributed by atoms with van der Waals surface area (Å²) < 4.78 is 33.4. The molecule has 2 fully saturated rings. The van der Waals surface area contributed by atoms with Crippen LogP contribution < -0.4 is 20.7 Å². The maximum atomic E-state index is 12.9. The van der Waals surface area contributed by atoms with E-state index in [2.05, 4.69) is 30.6 Å². The number of benzene rings is 1. The molecule has 11 heteroatoms. The third-order valence-corrected chi connectivity index (χ3v) is 7.85. The largest absolute Gasteiger partial charge is 0.377 e. The fourth-order valence-corrected chi connectivity index (χ4v) is 5.57. The zero-order chi connectivity index (χ0) is 26.5. The van der Waals surface area contributed by atoms with Gasteiger partial charge in [-0.15, -0.1) is 0 Å². The first-order valence-corrected chi connectivity index (χ1v) is 14.5. The molecule has 1 saturated heterocycles. The number of nitrogens with zero attached hydrogens (tertiary/aromatic N) is 2. The lowest BCUT2D eigenvalue weighted by Gasteiger charge is -2.25. The molecule has 1 aliphatic carbocycles. The average Bonchev–Trinajstić information content (AvgIpc) is 3.37. The molecule has 1 atom stereocenters. The summed E-state index contributed by atoms with van der Waals surface area (Å²) in [6, 6.07) is 6.65. The quantitative estimate of drug-likeness (QED) is 0.383. The minimum absolute atomic E-state index is 0.0715. The maximum Gasteiger partial charge on any atom is 0.257 e. The molecule has 4 N–H and O–H groups in total. The number of anilines is 3. The molecule has 0 radical (unpaired) electrons. The summed E-state index contributed by atoms with van der Waals surface area (Å²) in [6.07, 6.45) is 8.85. The van der Waals surface area contributed by atoms with Crippen LogP contribution in [0.4, 0.5) is 17.5 Å². The van der Waals surface area contributed by atoms with Crippen molar-refractivity contribution >= 4 is 33.4 Å². The number of rotatable bonds is 9. The van der Waals surface area contributed by atoms with Crippen molar-refractivity contribution in [2.24, 2.45) is 0 Å². The van der Waals surface area contributed by atoms with Crippen molar-refractivity contribution in [1.82, 2.24) is 20.0 Å². The molecule has 1 amide bonds. The molecule has 1 saturated carbocycles. The highest BCUT2D eigenvalue weighted by Gasteiger charge is 2.23. The first-order chi connectivity index (χ1) is 17.6. The zero-order valence-electron chi connectivity index (χ0n) is 21.8. The number of carbonyl (C=O) groups excluding carboxylic acids is 1. The SMILES string of the molecule is CC(C)(C)NC(=O)c1cnc(Nc2ccc(S(=O)(=O)NCC3CCCO3)cc2)nc1NC1CCCCC1. The normalized spacial score (nSPS) is 18.9. The van der Waals surface area contributed by atoms with Gasteiger partial charge in [0.1, 0.15) is 11.4 Å². The standard InChI is InChI=1S/C26H38N6O4S/c1-26(2,3)32-24(33)22-17-27-25(31-23(22)29-18-8-5-4-6-9-18)30-19-11-13-21(14-12-19)37(34,35)28-16-20-10-7-15-36-20/h11-14,17-18,20,28H,4-10,15-16H2,1-3H3,(H,32,33)(H2,27,29,30,31). The molecule has 10 nitrogen and oxygen atoms in total. The van der Waals surface area contributed by atoms with Crippen molar-refractivity contribution in [3.05, 3.63) is 36.0 Å². The summed E-state index contributed by atoms with van der Waals surface area (Å²) in [5.41, 5.74) is 0.635. The van der Waals surface area contributed by atoms with Crippen LogP contribution in [0.5, 0.6) is 0 Å². The van der Waals surface area contributed by atoms with Gasteiger partial charge in [0.05, 0.1) is 11.0 Å². The smallest absolute Gasteiger partial charge is 0.257 e. The number of carbonyl (C=O) groups is 1. The molecular formula is C26H38N6O4S. The van der Waals surface area contributed by atoms with E-state index in [1.807, 2.05) is 20.8 Å². The minimum Gasteiger partial charge on any atom is -0.377 e. The first kappa shape index (κ1) is 27.3. The van der Waals surface area contributed by atoms with E-state index < -0.39 is 15.6 Å². The average molecular weight is 531 g/mol. The Labute approximate surface area is 219 Å². The molecule has 37 heavy (non-hydrogen) atoms. The summed E-state index contributed by atoms with van der Waals surface area (Å²) in [5, 5.41) is 9.56. The predicted octanol–water partition coefficient (Wildman–Crippen LogP) is 3.95. The van der Waals surface area contributed by atoms with E-state index in [9.17, 15) is 13.2 Å². The highest BCUT2D eigenvalue weighted by Crippen LogP contribution is 2.25. The lowest BCUT2D eigenvalue weighted by Crippen LogP contribution is -2.41. The van der Waals surface area contributed by atoms with Crippen LogP contribution in [0.25, 0.3) is 0 Å². The molecule has 1 unspecified atom stereocenters. The Morgan fingerprint density at radius 1 is 1.05 bits per heavy atom. The van der Waals surface area contributed by atoms with E-state index in [1.54, 1.807) is 12.1 Å². The number of aromatic nitrogens is 2. The Morgan fingerprint density at radius 2 is 1.78 bits per heavy atom. The molecule has 2 aromatic rings. The second kappa shape index (κ2) is 11.7. The van der Waals surface area contributed by atoms with Crippen molar-refractivity contribution in [2.45, 2.75) is 88.3 Å². The first-order valence-electron chi connectivity index (χ1n) is 13.0. The summed E-state index contributed by atoms with van der Waals surface area (Å²) in [7, 11) is -3.63. The van der Waals surface area contributed by atoms with E-state index in [1.165, 1.54) is 24.8 Å². The Bertz CT molecular complexity index is 1170. The third kappa shape index (κ3) is 7.86. The van der Waals surface area contributed by atoms with Crippen LogP contribution in [0.15, 0.2) is 35.4 Å². The molecule has 1 aromatic heterocycles. The van der Waals surface area contributed by atoms with E-state index in [-0.39, 0.29) is 29.5 Å². The lowest BCUT2D eigenvalue weighted by atomic mass is 9.95. The van der Waals surface area contributed by atoms with Crippen LogP contribution in [-0.2, 0) is 14.8 Å². The fraction of sp³-hybridized carbons (Fsp3) is 0.577. The molecule has 1 aliphatic heterocycles. The van der Waals surface area contributed by atoms with Gasteiger partial charge in [-0.3, -0.25) is 4.79 Å². The van der Waals surface area contributed by atoms with Crippen LogP contribution in [-0.4, -0.2) is 55.1 Å². The van der Waals surface area contributed by atoms with Gasteiger partial charge in [-0.05, 0) is 70.7 Å². The summed E-state index contributed by atoms with van der Waals surface area (Å²) in [6.45, 7) is 6.73. The number of hydrogen-bond donors (Lipinski definition) is 4. The summed E-state index contributed by atoms with van der Waals surface area (Å²) in [4.78, 5) is 22.1. The monoisotopic (exact) mass is 530 g/mol. The van der Waals surface area contributed by atoms with Gasteiger partial charge in [-0.2, -0.15) is 4.98 Å². The second-order valence-corrected chi connectivity index (χ2v) is 12.5. The van der Waals surface area contributed by atoms with Gasteiger partial charge in [0.25, 0.3) is 5.91 Å². The number of amides is 1. The highest BCUT2D eigenvalue weighted by molar-refractivity contribution is 7.89. The Kier molecular flexibility index (Phi) is 8.66. The minimum atomic E-state index is -3.63. The van der Waals surface area contributed by atoms with Crippen LogP contribution in [0, 0.1) is 0 Å². The van der Waals surface area contributed by atoms with Gasteiger partial charge in [0, 0.05) is 36.6 Å². The Balaban J connectivity index is 1.47. The number of sulfonamides is 1. The Morgan fingerprint density at radius 3 is 2.43 bits per heavy atom. The molecule has 0 bridgehead atoms. The fourth-order valence-electron chi connectivity index (χ4n) is 4.50. The lowest BCUT2D eigenvalue weighted by molar-refractivity contribution is 0.0919. The zero-order valence-corrected chi connectivity index (χ0v) is 22.7. The van der Waals surface area contributed by atoms with Crippen LogP contribution >= 0.6 is 0 Å². The van der Waals surface area contributed by atoms with Crippen molar-refractivity contribution in [1.29, 1.82) is 0 Å². The van der Waals surface area contributed by atoms with Gasteiger partial charge in [0.2, 0.25) is 16.0 Å². The van der Waals surface area contributed by atoms with Crippen LogP contribution in [0.2, 0.25) is 0 Å². The molecule has 2 heterocycles. The predicted molar refractivity (Wildman–Crippen MR) is 144 cm³/mol. The van der Waals surface area contributed by atoms with Gasteiger partial charge >= 0.3 is 0 Å². The topological polar surface area (TPSA) is 134 Å². The third-order valence-electron chi connectivity index (χ3n) is 6.41. The van der Waals surface area contributed by atoms with Gasteiger partial charge in [-0.25, -0.2) is 18.1 Å². The molecular weight excluding hydrogens is 492 g/mol. The van der Waals surface area contributed by atoms with E-state index in [4.69, 9.17) is 4.74 Å². The van der Waals surface area contributed by atoms with Crippen LogP contribution in [0.3, 0.4) is 0 Å². The molecule has 1 aromatic carbocycles. The molecule has 0 spiro atoms. The Hall–Kier alpha value is -2.76. The van der Waals surface area contributed by atoms with Gasteiger partial charge in [0.15, 0.2) is 0 Å². The van der Waals surface area contributed by atoms with Crippen molar-refractivity contribution < 1.29 is 17.9 Å². The highest BCUT2D eigenvalue weighted by atomic mass is 32.2. The number of nitrogens with one attached hydrogen (secondary N) is 4. The van der Waals surface area contributed by atoms with Gasteiger partial charge < -0.3 is 20.7 Å². The molecule has 4 rings (SSSR count). The molecule has 202 valence electrons. The van der Waals surface area contributed by atoms with Crippen molar-refractivity contribution in [3.8, 4) is 0 Å². The van der Waals surface area contributed by atoms with Crippen molar-refractivity contribution in [2.75, 3.05) is 23.8 Å². The number of ether oxygens (including phenoxy) is 1. The van der Waals surface area contributed by atoms with E-state index in [0.29, 0.717) is 29.6 Å². The molecule has 2 aliphatic rings. The van der Waals surface area contributed by atoms with E-state index in [0.717, 1.165) is 38.5 Å². The summed E-state index contributed by atoms with van der Waals surface area (Å²) in [5.74, 6) is 0.573. The van der Waals surface area contributed by atoms with E-state index >= 15 is 0 Å². The van der Waals surface area contributed by atoms with Gasteiger partial charge in [-0.1, -0.05) is 19.3 Å².